The van der Waals surface area contributed by atoms with Gasteiger partial charge in [-0.2, -0.15) is 4.98 Å². The molecule has 1 saturated heterocycles. The number of nitrogens with zero attached hydrogens (tertiary/aromatic N) is 3. The first-order valence-electron chi connectivity index (χ1n) is 5.36. The van der Waals surface area contributed by atoms with E-state index in [0.29, 0.717) is 30.3 Å². The highest BCUT2D eigenvalue weighted by atomic mass is 16.5. The lowest BCUT2D eigenvalue weighted by atomic mass is 10.5. The number of hydrogen-bond donors (Lipinski definition) is 3. The molecule has 8 heteroatoms. The Balaban J connectivity index is 1.87. The van der Waals surface area contributed by atoms with E-state index in [9.17, 15) is 4.79 Å². The zero-order valence-corrected chi connectivity index (χ0v) is 9.06. The second-order valence-electron chi connectivity index (χ2n) is 3.73. The summed E-state index contributed by atoms with van der Waals surface area (Å²) in [7, 11) is 0. The van der Waals surface area contributed by atoms with Crippen LogP contribution < -0.4 is 11.0 Å². The molecule has 8 nitrogen and oxygen atoms in total. The number of H-pyrrole nitrogens is 2. The predicted molar refractivity (Wildman–Crippen MR) is 60.5 cm³/mol. The van der Waals surface area contributed by atoms with Crippen LogP contribution >= 0.6 is 0 Å². The second-order valence-corrected chi connectivity index (χ2v) is 3.73. The van der Waals surface area contributed by atoms with E-state index in [1.165, 1.54) is 6.33 Å². The van der Waals surface area contributed by atoms with Gasteiger partial charge in [0.2, 0.25) is 5.95 Å². The molecule has 3 N–H and O–H groups in total. The minimum absolute atomic E-state index is 0.233. The number of hydrogen-bond acceptors (Lipinski definition) is 6. The maximum atomic E-state index is 11.7. The Labute approximate surface area is 96.0 Å². The molecule has 0 spiro atoms. The van der Waals surface area contributed by atoms with Gasteiger partial charge in [-0.3, -0.25) is 15.2 Å². The molecular weight excluding hydrogens is 224 g/mol. The topological polar surface area (TPSA) is 98.9 Å². The molecule has 17 heavy (non-hydrogen) atoms. The first-order chi connectivity index (χ1) is 8.33. The molecule has 0 aromatic carbocycles. The van der Waals surface area contributed by atoms with E-state index in [1.807, 2.05) is 5.01 Å². The third kappa shape index (κ3) is 1.99. The van der Waals surface area contributed by atoms with Gasteiger partial charge in [0.05, 0.1) is 19.5 Å². The van der Waals surface area contributed by atoms with Gasteiger partial charge in [0.1, 0.15) is 0 Å². The van der Waals surface area contributed by atoms with Gasteiger partial charge >= 0.3 is 0 Å². The average Bonchev–Trinajstić information content (AvgIpc) is 2.79. The summed E-state index contributed by atoms with van der Waals surface area (Å²) in [5.41, 5.74) is 3.60. The number of rotatable bonds is 2. The molecule has 0 aliphatic carbocycles. The summed E-state index contributed by atoms with van der Waals surface area (Å²) in [4.78, 5) is 25.2. The van der Waals surface area contributed by atoms with E-state index < -0.39 is 0 Å². The Morgan fingerprint density at radius 1 is 1.41 bits per heavy atom. The zero-order chi connectivity index (χ0) is 11.7. The number of aromatic nitrogens is 4. The Morgan fingerprint density at radius 3 is 3.06 bits per heavy atom. The number of imidazole rings is 1. The summed E-state index contributed by atoms with van der Waals surface area (Å²) in [6.45, 7) is 2.84. The number of fused-ring (bicyclic) bond motifs is 1. The molecule has 0 unspecified atom stereocenters. The number of ether oxygens (including phenoxy) is 1. The fraction of sp³-hybridized carbons (Fsp3) is 0.444. The van der Waals surface area contributed by atoms with Gasteiger partial charge in [0, 0.05) is 13.1 Å². The molecule has 0 radical (unpaired) electrons. The Bertz CT molecular complexity index is 570. The van der Waals surface area contributed by atoms with Crippen molar-refractivity contribution in [2.45, 2.75) is 0 Å². The zero-order valence-electron chi connectivity index (χ0n) is 9.06. The number of aromatic amines is 2. The number of morpholine rings is 1. The molecule has 0 saturated carbocycles. The Kier molecular flexibility index (Phi) is 2.50. The third-order valence-electron chi connectivity index (χ3n) is 2.57. The van der Waals surface area contributed by atoms with Crippen molar-refractivity contribution in [3.63, 3.8) is 0 Å². The SMILES string of the molecule is O=c1[nH]c(NN2CCOCC2)nc2nc[nH]c12. The van der Waals surface area contributed by atoms with E-state index in [4.69, 9.17) is 4.74 Å². The summed E-state index contributed by atoms with van der Waals surface area (Å²) in [5, 5.41) is 1.94. The van der Waals surface area contributed by atoms with E-state index in [-0.39, 0.29) is 5.56 Å². The van der Waals surface area contributed by atoms with Crippen LogP contribution in [0, 0.1) is 0 Å². The maximum Gasteiger partial charge on any atom is 0.278 e. The standard InChI is InChI=1S/C9H12N6O2/c16-8-6-7(11-5-10-6)12-9(13-8)14-15-1-3-17-4-2-15/h5H,1-4H2,(H3,10,11,12,13,14,16). The van der Waals surface area contributed by atoms with Gasteiger partial charge < -0.3 is 9.72 Å². The van der Waals surface area contributed by atoms with Crippen molar-refractivity contribution in [1.82, 2.24) is 24.9 Å². The van der Waals surface area contributed by atoms with Crippen LogP contribution in [0.2, 0.25) is 0 Å². The first kappa shape index (κ1) is 10.2. The second kappa shape index (κ2) is 4.15. The summed E-state index contributed by atoms with van der Waals surface area (Å²) in [6, 6.07) is 0. The van der Waals surface area contributed by atoms with Crippen LogP contribution in [0.4, 0.5) is 5.95 Å². The molecule has 0 amide bonds. The highest BCUT2D eigenvalue weighted by Gasteiger charge is 2.12. The first-order valence-corrected chi connectivity index (χ1v) is 5.36. The van der Waals surface area contributed by atoms with Gasteiger partial charge in [0.25, 0.3) is 5.56 Å². The Morgan fingerprint density at radius 2 is 2.24 bits per heavy atom. The van der Waals surface area contributed by atoms with Crippen LogP contribution in [0.1, 0.15) is 0 Å². The number of anilines is 1. The minimum Gasteiger partial charge on any atom is -0.379 e. The molecule has 1 aliphatic heterocycles. The third-order valence-corrected chi connectivity index (χ3v) is 2.57. The van der Waals surface area contributed by atoms with Gasteiger partial charge in [0.15, 0.2) is 11.2 Å². The van der Waals surface area contributed by atoms with Crippen LogP contribution in [0.3, 0.4) is 0 Å². The highest BCUT2D eigenvalue weighted by molar-refractivity contribution is 5.69. The summed E-state index contributed by atoms with van der Waals surface area (Å²) < 4.78 is 5.23. The lowest BCUT2D eigenvalue weighted by Gasteiger charge is -2.26. The predicted octanol–water partition coefficient (Wildman–Crippen LogP) is -0.695. The van der Waals surface area contributed by atoms with Gasteiger partial charge in [-0.05, 0) is 0 Å². The fourth-order valence-corrected chi connectivity index (χ4v) is 1.72. The van der Waals surface area contributed by atoms with Crippen molar-refractivity contribution in [2.24, 2.45) is 0 Å². The molecule has 90 valence electrons. The van der Waals surface area contributed by atoms with E-state index in [2.05, 4.69) is 25.4 Å². The van der Waals surface area contributed by atoms with Gasteiger partial charge in [-0.1, -0.05) is 0 Å². The molecule has 1 aliphatic rings. The molecule has 2 aromatic rings. The van der Waals surface area contributed by atoms with Crippen LogP contribution in [-0.2, 0) is 4.74 Å². The smallest absolute Gasteiger partial charge is 0.278 e. The largest absolute Gasteiger partial charge is 0.379 e. The number of nitrogens with one attached hydrogen (secondary N) is 3. The van der Waals surface area contributed by atoms with Gasteiger partial charge in [-0.15, -0.1) is 0 Å². The van der Waals surface area contributed by atoms with Crippen molar-refractivity contribution in [3.8, 4) is 0 Å². The summed E-state index contributed by atoms with van der Waals surface area (Å²) in [6.07, 6.45) is 1.45. The number of hydrazine groups is 1. The normalized spacial score (nSPS) is 17.4. The van der Waals surface area contributed by atoms with Crippen LogP contribution in [-0.4, -0.2) is 51.2 Å². The molecule has 0 atom stereocenters. The quantitative estimate of drug-likeness (QED) is 0.638. The van der Waals surface area contributed by atoms with Crippen molar-refractivity contribution < 1.29 is 4.74 Å². The molecule has 1 fully saturated rings. The maximum absolute atomic E-state index is 11.7. The summed E-state index contributed by atoms with van der Waals surface area (Å²) in [5.74, 6) is 0.400. The van der Waals surface area contributed by atoms with Crippen molar-refractivity contribution in [3.05, 3.63) is 16.7 Å². The molecule has 3 heterocycles. The van der Waals surface area contributed by atoms with Crippen LogP contribution in [0.25, 0.3) is 11.2 Å². The minimum atomic E-state index is -0.233. The van der Waals surface area contributed by atoms with Crippen LogP contribution in [0.5, 0.6) is 0 Å². The van der Waals surface area contributed by atoms with Crippen molar-refractivity contribution >= 4 is 17.1 Å². The summed E-state index contributed by atoms with van der Waals surface area (Å²) >= 11 is 0. The Hall–Kier alpha value is -1.93. The molecular formula is C9H12N6O2. The van der Waals surface area contributed by atoms with E-state index in [0.717, 1.165) is 13.1 Å². The van der Waals surface area contributed by atoms with Gasteiger partial charge in [-0.25, -0.2) is 9.99 Å². The fourth-order valence-electron chi connectivity index (χ4n) is 1.72. The molecule has 3 rings (SSSR count). The van der Waals surface area contributed by atoms with Crippen molar-refractivity contribution in [1.29, 1.82) is 0 Å². The van der Waals surface area contributed by atoms with E-state index >= 15 is 0 Å². The van der Waals surface area contributed by atoms with Crippen LogP contribution in [0.15, 0.2) is 11.1 Å². The molecule has 2 aromatic heterocycles. The van der Waals surface area contributed by atoms with E-state index in [1.54, 1.807) is 0 Å². The lowest BCUT2D eigenvalue weighted by Crippen LogP contribution is -2.41. The lowest BCUT2D eigenvalue weighted by molar-refractivity contribution is 0.0492. The average molecular weight is 236 g/mol. The highest BCUT2D eigenvalue weighted by Crippen LogP contribution is 2.05. The van der Waals surface area contributed by atoms with Crippen molar-refractivity contribution in [2.75, 3.05) is 31.7 Å². The molecule has 0 bridgehead atoms. The monoisotopic (exact) mass is 236 g/mol.